The summed E-state index contributed by atoms with van der Waals surface area (Å²) in [4.78, 5) is 23.3. The molecule has 3 nitrogen and oxygen atoms in total. The van der Waals surface area contributed by atoms with Gasteiger partial charge >= 0.3 is 5.97 Å². The number of hydrogen-bond acceptors (Lipinski definition) is 2. The largest absolute Gasteiger partial charge is 0.478 e. The topological polar surface area (TPSA) is 54.4 Å². The van der Waals surface area contributed by atoms with Crippen molar-refractivity contribution in [3.63, 3.8) is 0 Å². The molecule has 0 aliphatic heterocycles. The molecule has 2 aromatic carbocycles. The van der Waals surface area contributed by atoms with E-state index in [4.69, 9.17) is 5.11 Å². The van der Waals surface area contributed by atoms with Crippen molar-refractivity contribution in [1.82, 2.24) is 0 Å². The van der Waals surface area contributed by atoms with Crippen molar-refractivity contribution in [1.29, 1.82) is 0 Å². The maximum atomic E-state index is 12.4. The van der Waals surface area contributed by atoms with Crippen molar-refractivity contribution in [3.05, 3.63) is 76.9 Å². The Hall–Kier alpha value is -2.68. The minimum absolute atomic E-state index is 0.115. The van der Waals surface area contributed by atoms with E-state index < -0.39 is 5.97 Å². The summed E-state index contributed by atoms with van der Waals surface area (Å²) in [6, 6.07) is 15.9. The SMILES string of the molecule is CC(=Cc1ccccc1C(=O)c1ccccc1)C(=O)O. The minimum Gasteiger partial charge on any atom is -0.478 e. The highest BCUT2D eigenvalue weighted by molar-refractivity contribution is 6.11. The highest BCUT2D eigenvalue weighted by Gasteiger charge is 2.12. The molecule has 0 unspecified atom stereocenters. The normalized spacial score (nSPS) is 11.2. The van der Waals surface area contributed by atoms with Gasteiger partial charge in [0.25, 0.3) is 0 Å². The van der Waals surface area contributed by atoms with Gasteiger partial charge in [0, 0.05) is 16.7 Å². The lowest BCUT2D eigenvalue weighted by Crippen LogP contribution is -2.04. The number of carboxylic acids is 1. The van der Waals surface area contributed by atoms with Gasteiger partial charge in [-0.1, -0.05) is 54.6 Å². The van der Waals surface area contributed by atoms with Crippen LogP contribution in [0.2, 0.25) is 0 Å². The van der Waals surface area contributed by atoms with E-state index in [1.807, 2.05) is 6.07 Å². The van der Waals surface area contributed by atoms with E-state index in [-0.39, 0.29) is 11.4 Å². The highest BCUT2D eigenvalue weighted by atomic mass is 16.4. The van der Waals surface area contributed by atoms with E-state index in [0.29, 0.717) is 16.7 Å². The first-order valence-electron chi connectivity index (χ1n) is 6.20. The Bertz CT molecular complexity index is 670. The van der Waals surface area contributed by atoms with Gasteiger partial charge in [0.2, 0.25) is 0 Å². The molecule has 20 heavy (non-hydrogen) atoms. The molecule has 0 spiro atoms. The number of hydrogen-bond donors (Lipinski definition) is 1. The van der Waals surface area contributed by atoms with Crippen molar-refractivity contribution in [3.8, 4) is 0 Å². The Morgan fingerprint density at radius 3 is 2.20 bits per heavy atom. The molecule has 0 fully saturated rings. The number of benzene rings is 2. The standard InChI is InChI=1S/C17H14O3/c1-12(17(19)20)11-14-9-5-6-10-15(14)16(18)13-7-3-2-4-8-13/h2-11H,1H3,(H,19,20). The van der Waals surface area contributed by atoms with Crippen LogP contribution in [0.1, 0.15) is 28.4 Å². The Kier molecular flexibility index (Phi) is 4.11. The molecule has 2 rings (SSSR count). The summed E-state index contributed by atoms with van der Waals surface area (Å²) in [6.45, 7) is 1.51. The molecule has 0 heterocycles. The molecule has 2 aromatic rings. The fraction of sp³-hybridized carbons (Fsp3) is 0.0588. The Morgan fingerprint density at radius 2 is 1.55 bits per heavy atom. The predicted octanol–water partition coefficient (Wildman–Crippen LogP) is 3.41. The summed E-state index contributed by atoms with van der Waals surface area (Å²) in [5.41, 5.74) is 1.89. The molecule has 0 amide bonds. The molecule has 0 atom stereocenters. The summed E-state index contributed by atoms with van der Waals surface area (Å²) in [5, 5.41) is 8.94. The van der Waals surface area contributed by atoms with Crippen LogP contribution < -0.4 is 0 Å². The molecule has 0 aliphatic carbocycles. The lowest BCUT2D eigenvalue weighted by molar-refractivity contribution is -0.132. The molecule has 0 saturated carbocycles. The van der Waals surface area contributed by atoms with Gasteiger partial charge in [-0.25, -0.2) is 4.79 Å². The van der Waals surface area contributed by atoms with E-state index in [2.05, 4.69) is 0 Å². The van der Waals surface area contributed by atoms with Crippen LogP contribution >= 0.6 is 0 Å². The molecule has 0 aromatic heterocycles. The zero-order valence-corrected chi connectivity index (χ0v) is 11.0. The smallest absolute Gasteiger partial charge is 0.331 e. The molecule has 100 valence electrons. The zero-order valence-electron chi connectivity index (χ0n) is 11.0. The summed E-state index contributed by atoms with van der Waals surface area (Å²) in [7, 11) is 0. The molecular weight excluding hydrogens is 252 g/mol. The van der Waals surface area contributed by atoms with E-state index >= 15 is 0 Å². The first-order valence-corrected chi connectivity index (χ1v) is 6.20. The van der Waals surface area contributed by atoms with Gasteiger partial charge in [0.05, 0.1) is 0 Å². The monoisotopic (exact) mass is 266 g/mol. The second-order valence-corrected chi connectivity index (χ2v) is 4.41. The Morgan fingerprint density at radius 1 is 0.950 bits per heavy atom. The van der Waals surface area contributed by atoms with Gasteiger partial charge in [0.1, 0.15) is 0 Å². The number of rotatable bonds is 4. The van der Waals surface area contributed by atoms with Gasteiger partial charge in [-0.15, -0.1) is 0 Å². The summed E-state index contributed by atoms with van der Waals surface area (Å²) < 4.78 is 0. The first-order chi connectivity index (χ1) is 9.59. The van der Waals surface area contributed by atoms with E-state index in [9.17, 15) is 9.59 Å². The molecule has 0 bridgehead atoms. The maximum absolute atomic E-state index is 12.4. The van der Waals surface area contributed by atoms with Crippen LogP contribution in [0, 0.1) is 0 Å². The summed E-state index contributed by atoms with van der Waals surface area (Å²) >= 11 is 0. The zero-order chi connectivity index (χ0) is 14.5. The average Bonchev–Trinajstić information content (AvgIpc) is 2.48. The van der Waals surface area contributed by atoms with E-state index in [0.717, 1.165) is 0 Å². The van der Waals surface area contributed by atoms with Crippen LogP contribution in [-0.4, -0.2) is 16.9 Å². The lowest BCUT2D eigenvalue weighted by atomic mass is 9.97. The first kappa shape index (κ1) is 13.7. The molecule has 0 radical (unpaired) electrons. The quantitative estimate of drug-likeness (QED) is 0.681. The summed E-state index contributed by atoms with van der Waals surface area (Å²) in [6.07, 6.45) is 1.51. The second-order valence-electron chi connectivity index (χ2n) is 4.41. The molecule has 1 N–H and O–H groups in total. The van der Waals surface area contributed by atoms with Gasteiger partial charge in [-0.05, 0) is 18.6 Å². The summed E-state index contributed by atoms with van der Waals surface area (Å²) in [5.74, 6) is -1.11. The lowest BCUT2D eigenvalue weighted by Gasteiger charge is -2.06. The third-order valence-corrected chi connectivity index (χ3v) is 2.95. The predicted molar refractivity (Wildman–Crippen MR) is 77.6 cm³/mol. The molecule has 3 heteroatoms. The third kappa shape index (κ3) is 3.01. The van der Waals surface area contributed by atoms with Crippen molar-refractivity contribution >= 4 is 17.8 Å². The van der Waals surface area contributed by atoms with Crippen LogP contribution in [0.4, 0.5) is 0 Å². The fourth-order valence-corrected chi connectivity index (χ4v) is 1.87. The third-order valence-electron chi connectivity index (χ3n) is 2.95. The van der Waals surface area contributed by atoms with E-state index in [1.165, 1.54) is 13.0 Å². The maximum Gasteiger partial charge on any atom is 0.331 e. The second kappa shape index (κ2) is 5.97. The highest BCUT2D eigenvalue weighted by Crippen LogP contribution is 2.17. The number of ketones is 1. The van der Waals surface area contributed by atoms with Crippen LogP contribution in [0.15, 0.2) is 60.2 Å². The molecular formula is C17H14O3. The van der Waals surface area contributed by atoms with Gasteiger partial charge < -0.3 is 5.11 Å². The van der Waals surface area contributed by atoms with Gasteiger partial charge in [-0.3, -0.25) is 4.79 Å². The van der Waals surface area contributed by atoms with Crippen LogP contribution in [0.3, 0.4) is 0 Å². The Labute approximate surface area is 117 Å². The molecule has 0 saturated heterocycles. The Balaban J connectivity index is 2.46. The van der Waals surface area contributed by atoms with E-state index in [1.54, 1.807) is 48.5 Å². The number of aliphatic carboxylic acids is 1. The van der Waals surface area contributed by atoms with Crippen molar-refractivity contribution in [2.75, 3.05) is 0 Å². The van der Waals surface area contributed by atoms with Crippen LogP contribution in [0.5, 0.6) is 0 Å². The number of carboxylic acid groups (broad SMARTS) is 1. The van der Waals surface area contributed by atoms with Crippen LogP contribution in [0.25, 0.3) is 6.08 Å². The van der Waals surface area contributed by atoms with Crippen molar-refractivity contribution < 1.29 is 14.7 Å². The number of carbonyl (C=O) groups excluding carboxylic acids is 1. The minimum atomic E-state index is -0.994. The average molecular weight is 266 g/mol. The molecule has 0 aliphatic rings. The van der Waals surface area contributed by atoms with Crippen molar-refractivity contribution in [2.24, 2.45) is 0 Å². The van der Waals surface area contributed by atoms with Gasteiger partial charge in [0.15, 0.2) is 5.78 Å². The van der Waals surface area contributed by atoms with Crippen LogP contribution in [-0.2, 0) is 4.79 Å². The van der Waals surface area contributed by atoms with Crippen molar-refractivity contribution in [2.45, 2.75) is 6.92 Å². The number of carbonyl (C=O) groups is 2. The fourth-order valence-electron chi connectivity index (χ4n) is 1.87. The van der Waals surface area contributed by atoms with Gasteiger partial charge in [-0.2, -0.15) is 0 Å².